The molecule has 0 aliphatic carbocycles. The van der Waals surface area contributed by atoms with Crippen LogP contribution in [0.15, 0.2) is 78.9 Å². The monoisotopic (exact) mass is 626 g/mol. The van der Waals surface area contributed by atoms with Gasteiger partial charge in [-0.15, -0.1) is 16.9 Å². The molecular weight excluding hydrogens is 588 g/mol. The maximum atomic E-state index is 14.6. The standard InChI is InChI=1S/C34H38N6O4S/c41-21-9-2-1-8-20-39-30-33(44)38(23-40-26-15-7-6-14-25(26)35-36-40)19-11-17-34(30)29(32(39)43)28-27(45-34)16-10-18-37(31(28)42)22-24-12-4-3-5-13-24/h3-7,10-17,27-30,41H,1-2,8-9,18-23H2/t27-,28+,29-,30?,34-/m0/s1. The van der Waals surface area contributed by atoms with Gasteiger partial charge in [-0.2, -0.15) is 0 Å². The Hall–Kier alpha value is -3.96. The van der Waals surface area contributed by atoms with E-state index < -0.39 is 22.6 Å². The number of aromatic nitrogens is 3. The molecule has 5 atom stereocenters. The molecule has 2 aromatic carbocycles. The highest BCUT2D eigenvalue weighted by Gasteiger charge is 2.70. The lowest BCUT2D eigenvalue weighted by molar-refractivity contribution is -0.145. The molecule has 1 N–H and O–H groups in total. The maximum Gasteiger partial charge on any atom is 0.248 e. The molecule has 45 heavy (non-hydrogen) atoms. The van der Waals surface area contributed by atoms with Crippen LogP contribution in [0.3, 0.4) is 0 Å². The van der Waals surface area contributed by atoms with Crippen molar-refractivity contribution in [3.05, 3.63) is 84.5 Å². The average Bonchev–Trinajstić information content (AvgIpc) is 3.61. The van der Waals surface area contributed by atoms with Crippen molar-refractivity contribution < 1.29 is 19.5 Å². The number of carbonyl (C=O) groups excluding carboxylic acids is 3. The van der Waals surface area contributed by atoms with Gasteiger partial charge >= 0.3 is 0 Å². The van der Waals surface area contributed by atoms with Crippen molar-refractivity contribution in [2.24, 2.45) is 11.8 Å². The van der Waals surface area contributed by atoms with E-state index in [2.05, 4.69) is 22.5 Å². The minimum Gasteiger partial charge on any atom is -0.396 e. The van der Waals surface area contributed by atoms with Gasteiger partial charge in [0.2, 0.25) is 17.7 Å². The number of carbonyl (C=O) groups is 3. The summed E-state index contributed by atoms with van der Waals surface area (Å²) in [6, 6.07) is 16.8. The van der Waals surface area contributed by atoms with E-state index in [-0.39, 0.29) is 36.2 Å². The minimum atomic E-state index is -0.858. The number of fused-ring (bicyclic) bond motifs is 3. The number of likely N-dealkylation sites (tertiary alicyclic amines) is 1. The second-order valence-corrected chi connectivity index (χ2v) is 13.8. The van der Waals surface area contributed by atoms with E-state index in [4.69, 9.17) is 0 Å². The van der Waals surface area contributed by atoms with Crippen molar-refractivity contribution in [1.82, 2.24) is 29.7 Å². The Morgan fingerprint density at radius 2 is 1.64 bits per heavy atom. The van der Waals surface area contributed by atoms with Crippen LogP contribution in [0.25, 0.3) is 11.0 Å². The Labute approximate surface area is 266 Å². The first-order chi connectivity index (χ1) is 22.0. The van der Waals surface area contributed by atoms with E-state index in [0.717, 1.165) is 35.9 Å². The van der Waals surface area contributed by atoms with Crippen LogP contribution in [0.5, 0.6) is 0 Å². The maximum absolute atomic E-state index is 14.6. The summed E-state index contributed by atoms with van der Waals surface area (Å²) in [6.07, 6.45) is 11.3. The van der Waals surface area contributed by atoms with Gasteiger partial charge in [-0.25, -0.2) is 4.68 Å². The third-order valence-corrected chi connectivity index (χ3v) is 11.3. The third-order valence-electron chi connectivity index (χ3n) is 9.57. The van der Waals surface area contributed by atoms with Crippen molar-refractivity contribution >= 4 is 40.5 Å². The highest BCUT2D eigenvalue weighted by atomic mass is 32.2. The molecular formula is C34H38N6O4S. The predicted molar refractivity (Wildman–Crippen MR) is 172 cm³/mol. The summed E-state index contributed by atoms with van der Waals surface area (Å²) in [7, 11) is 0. The highest BCUT2D eigenvalue weighted by molar-refractivity contribution is 8.02. The molecule has 1 aromatic heterocycles. The van der Waals surface area contributed by atoms with E-state index in [1.807, 2.05) is 71.6 Å². The van der Waals surface area contributed by atoms with Gasteiger partial charge in [-0.05, 0) is 30.5 Å². The molecule has 3 aromatic rings. The number of aliphatic hydroxyl groups excluding tert-OH is 1. The van der Waals surface area contributed by atoms with Crippen LogP contribution in [0.2, 0.25) is 0 Å². The van der Waals surface area contributed by atoms with Crippen LogP contribution in [-0.4, -0.2) is 94.8 Å². The number of nitrogens with zero attached hydrogens (tertiary/aromatic N) is 6. The summed E-state index contributed by atoms with van der Waals surface area (Å²) in [5.41, 5.74) is 2.63. The molecule has 1 unspecified atom stereocenters. The Bertz CT molecular complexity index is 1640. The number of hydrogen-bond acceptors (Lipinski definition) is 7. The summed E-state index contributed by atoms with van der Waals surface area (Å²) in [4.78, 5) is 48.9. The summed E-state index contributed by atoms with van der Waals surface area (Å²) in [5, 5.41) is 17.6. The average molecular weight is 627 g/mol. The summed E-state index contributed by atoms with van der Waals surface area (Å²) in [6.45, 7) is 2.11. The zero-order valence-corrected chi connectivity index (χ0v) is 26.0. The summed E-state index contributed by atoms with van der Waals surface area (Å²) >= 11 is 1.61. The zero-order chi connectivity index (χ0) is 31.0. The first-order valence-electron chi connectivity index (χ1n) is 15.8. The van der Waals surface area contributed by atoms with Gasteiger partial charge in [-0.1, -0.05) is 84.8 Å². The van der Waals surface area contributed by atoms with Gasteiger partial charge in [0, 0.05) is 38.0 Å². The number of amides is 3. The van der Waals surface area contributed by atoms with Crippen molar-refractivity contribution in [2.75, 3.05) is 26.2 Å². The molecule has 11 heteroatoms. The smallest absolute Gasteiger partial charge is 0.248 e. The van der Waals surface area contributed by atoms with E-state index in [0.29, 0.717) is 32.6 Å². The molecule has 3 amide bonds. The lowest BCUT2D eigenvalue weighted by Crippen LogP contribution is -2.53. The van der Waals surface area contributed by atoms with E-state index in [1.54, 1.807) is 26.2 Å². The van der Waals surface area contributed by atoms with E-state index in [9.17, 15) is 19.5 Å². The number of hydrogen-bond donors (Lipinski definition) is 1. The Morgan fingerprint density at radius 1 is 0.867 bits per heavy atom. The van der Waals surface area contributed by atoms with E-state index >= 15 is 0 Å². The van der Waals surface area contributed by atoms with Gasteiger partial charge in [0.15, 0.2) is 0 Å². The van der Waals surface area contributed by atoms with Gasteiger partial charge in [0.25, 0.3) is 0 Å². The fourth-order valence-electron chi connectivity index (χ4n) is 7.48. The fourth-order valence-corrected chi connectivity index (χ4v) is 9.49. The van der Waals surface area contributed by atoms with Gasteiger partial charge in [0.05, 0.1) is 22.1 Å². The van der Waals surface area contributed by atoms with Crippen LogP contribution in [0.4, 0.5) is 0 Å². The van der Waals surface area contributed by atoms with Crippen molar-refractivity contribution in [3.8, 4) is 0 Å². The van der Waals surface area contributed by atoms with Crippen LogP contribution in [0.1, 0.15) is 31.2 Å². The molecule has 4 aliphatic heterocycles. The van der Waals surface area contributed by atoms with E-state index in [1.165, 1.54) is 0 Å². The van der Waals surface area contributed by atoms with Gasteiger partial charge in [0.1, 0.15) is 18.2 Å². The van der Waals surface area contributed by atoms with Crippen molar-refractivity contribution in [3.63, 3.8) is 0 Å². The van der Waals surface area contributed by atoms with Gasteiger partial charge in [-0.3, -0.25) is 14.4 Å². The number of para-hydroxylation sites is 1. The molecule has 4 aliphatic rings. The lowest BCUT2D eigenvalue weighted by atomic mass is 9.78. The molecule has 2 fully saturated rings. The van der Waals surface area contributed by atoms with Crippen LogP contribution in [0, 0.1) is 11.8 Å². The van der Waals surface area contributed by atoms with Crippen molar-refractivity contribution in [2.45, 2.75) is 54.9 Å². The first-order valence-corrected chi connectivity index (χ1v) is 16.7. The van der Waals surface area contributed by atoms with Crippen LogP contribution in [-0.2, 0) is 27.6 Å². The Kier molecular flexibility index (Phi) is 8.22. The summed E-state index contributed by atoms with van der Waals surface area (Å²) in [5.74, 6) is -1.48. The Balaban J connectivity index is 1.22. The fraction of sp³-hybridized carbons (Fsp3) is 0.441. The third kappa shape index (κ3) is 5.25. The molecule has 1 spiro atoms. The minimum absolute atomic E-state index is 0.0313. The molecule has 2 saturated heterocycles. The molecule has 10 nitrogen and oxygen atoms in total. The number of rotatable bonds is 10. The number of aliphatic hydroxyl groups is 1. The molecule has 7 rings (SSSR count). The highest BCUT2D eigenvalue weighted by Crippen LogP contribution is 2.61. The number of benzene rings is 2. The predicted octanol–water partition coefficient (Wildman–Crippen LogP) is 3.24. The molecule has 234 valence electrons. The quantitative estimate of drug-likeness (QED) is 0.272. The van der Waals surface area contributed by atoms with Crippen LogP contribution >= 0.6 is 11.8 Å². The Morgan fingerprint density at radius 3 is 2.49 bits per heavy atom. The zero-order valence-electron chi connectivity index (χ0n) is 25.1. The number of unbranched alkanes of at least 4 members (excludes halogenated alkanes) is 3. The second kappa shape index (κ2) is 12.4. The molecule has 0 radical (unpaired) electrons. The van der Waals surface area contributed by atoms with Crippen LogP contribution < -0.4 is 0 Å². The SMILES string of the molecule is O=C1C2N(CCCCCCO)C(=O)[C@@H]3[C@@H]4C(=O)N(Cc5ccccc5)CC=C[C@@H]4S[C@]23C=CCN1Cn1nnc2ccccc21. The second-order valence-electron chi connectivity index (χ2n) is 12.3. The first kappa shape index (κ1) is 29.7. The largest absolute Gasteiger partial charge is 0.396 e. The molecule has 5 heterocycles. The summed E-state index contributed by atoms with van der Waals surface area (Å²) < 4.78 is 0.871. The lowest BCUT2D eigenvalue weighted by Gasteiger charge is -2.35. The number of thioether (sulfide) groups is 1. The van der Waals surface area contributed by atoms with Gasteiger partial charge < -0.3 is 19.8 Å². The molecule has 0 saturated carbocycles. The van der Waals surface area contributed by atoms with Crippen molar-refractivity contribution in [1.29, 1.82) is 0 Å². The normalized spacial score (nSPS) is 27.6. The topological polar surface area (TPSA) is 112 Å². The molecule has 0 bridgehead atoms.